The van der Waals surface area contributed by atoms with Gasteiger partial charge in [-0.15, -0.1) is 0 Å². The SMILES string of the molecule is CCOC(=O)N1C(=O)[C@@H](O[Si](CC)(CC)CC)[C@H]1C1CC1. The number of β-lactam (4-membered cyclic amide) rings is 1. The number of carbonyl (C=O) groups is 2. The minimum atomic E-state index is -1.83. The molecule has 2 atom stereocenters. The molecular formula is C15H27NO4Si. The van der Waals surface area contributed by atoms with Crippen LogP contribution in [0, 0.1) is 5.92 Å². The maximum Gasteiger partial charge on any atom is 0.416 e. The van der Waals surface area contributed by atoms with Crippen molar-refractivity contribution in [2.45, 2.75) is 70.8 Å². The Balaban J connectivity index is 2.10. The van der Waals surface area contributed by atoms with Crippen LogP contribution in [-0.4, -0.2) is 44.0 Å². The number of amides is 2. The first-order chi connectivity index (χ1) is 10.0. The zero-order valence-corrected chi connectivity index (χ0v) is 14.6. The first kappa shape index (κ1) is 16.5. The molecule has 2 rings (SSSR count). The van der Waals surface area contributed by atoms with Crippen molar-refractivity contribution in [3.05, 3.63) is 0 Å². The number of nitrogens with zero attached hydrogens (tertiary/aromatic N) is 1. The van der Waals surface area contributed by atoms with Crippen LogP contribution in [0.5, 0.6) is 0 Å². The van der Waals surface area contributed by atoms with E-state index in [9.17, 15) is 9.59 Å². The smallest absolute Gasteiger partial charge is 0.416 e. The van der Waals surface area contributed by atoms with Crippen molar-refractivity contribution in [1.82, 2.24) is 4.90 Å². The standard InChI is InChI=1S/C15H27NO4Si/c1-5-19-15(18)16-12(11-9-10-11)13(14(16)17)20-21(6-2,7-3)8-4/h11-13H,5-10H2,1-4H3/t12-,13+/m1/s1. The Morgan fingerprint density at radius 2 is 1.76 bits per heavy atom. The van der Waals surface area contributed by atoms with Gasteiger partial charge < -0.3 is 9.16 Å². The van der Waals surface area contributed by atoms with Gasteiger partial charge in [-0.3, -0.25) is 4.79 Å². The van der Waals surface area contributed by atoms with Crippen LogP contribution >= 0.6 is 0 Å². The topological polar surface area (TPSA) is 55.8 Å². The molecule has 120 valence electrons. The van der Waals surface area contributed by atoms with Gasteiger partial charge in [-0.1, -0.05) is 20.8 Å². The quantitative estimate of drug-likeness (QED) is 0.535. The van der Waals surface area contributed by atoms with Gasteiger partial charge in [0.2, 0.25) is 0 Å². The normalized spacial score (nSPS) is 25.7. The van der Waals surface area contributed by atoms with Crippen LogP contribution < -0.4 is 0 Å². The van der Waals surface area contributed by atoms with E-state index in [4.69, 9.17) is 9.16 Å². The summed E-state index contributed by atoms with van der Waals surface area (Å²) in [5, 5.41) is 0. The molecule has 0 N–H and O–H groups in total. The molecule has 1 aliphatic heterocycles. The van der Waals surface area contributed by atoms with Crippen molar-refractivity contribution < 1.29 is 18.8 Å². The summed E-state index contributed by atoms with van der Waals surface area (Å²) in [6.45, 7) is 8.50. The molecule has 21 heavy (non-hydrogen) atoms. The second-order valence-corrected chi connectivity index (χ2v) is 10.7. The molecule has 0 spiro atoms. The van der Waals surface area contributed by atoms with Gasteiger partial charge in [0.1, 0.15) is 6.10 Å². The third-order valence-corrected chi connectivity index (χ3v) is 9.59. The average molecular weight is 313 g/mol. The molecule has 2 fully saturated rings. The molecule has 0 aromatic carbocycles. The fourth-order valence-corrected chi connectivity index (χ4v) is 5.95. The van der Waals surface area contributed by atoms with Crippen LogP contribution in [0.25, 0.3) is 0 Å². The molecule has 0 aromatic rings. The van der Waals surface area contributed by atoms with Gasteiger partial charge in [-0.2, -0.15) is 0 Å². The lowest BCUT2D eigenvalue weighted by molar-refractivity contribution is -0.161. The Kier molecular flexibility index (Phi) is 5.09. The zero-order valence-electron chi connectivity index (χ0n) is 13.6. The molecule has 5 nitrogen and oxygen atoms in total. The van der Waals surface area contributed by atoms with E-state index in [0.717, 1.165) is 31.0 Å². The van der Waals surface area contributed by atoms with Gasteiger partial charge in [0.25, 0.3) is 5.91 Å². The molecule has 1 aliphatic carbocycles. The van der Waals surface area contributed by atoms with E-state index >= 15 is 0 Å². The van der Waals surface area contributed by atoms with E-state index in [2.05, 4.69) is 20.8 Å². The highest BCUT2D eigenvalue weighted by Crippen LogP contribution is 2.44. The first-order valence-electron chi connectivity index (χ1n) is 8.21. The number of hydrogen-bond acceptors (Lipinski definition) is 4. The molecule has 6 heteroatoms. The molecule has 0 unspecified atom stereocenters. The van der Waals surface area contributed by atoms with Crippen LogP contribution in [0.4, 0.5) is 4.79 Å². The monoisotopic (exact) mass is 313 g/mol. The summed E-state index contributed by atoms with van der Waals surface area (Å²) >= 11 is 0. The predicted molar refractivity (Wildman–Crippen MR) is 82.5 cm³/mol. The minimum absolute atomic E-state index is 0.0897. The van der Waals surface area contributed by atoms with Gasteiger partial charge in [0.15, 0.2) is 8.32 Å². The van der Waals surface area contributed by atoms with E-state index in [0.29, 0.717) is 12.5 Å². The van der Waals surface area contributed by atoms with E-state index in [1.807, 2.05) is 0 Å². The summed E-state index contributed by atoms with van der Waals surface area (Å²) < 4.78 is 11.3. The zero-order chi connectivity index (χ0) is 15.6. The van der Waals surface area contributed by atoms with E-state index in [-0.39, 0.29) is 11.9 Å². The summed E-state index contributed by atoms with van der Waals surface area (Å²) in [5.74, 6) is 0.215. The average Bonchev–Trinajstić information content (AvgIpc) is 3.31. The lowest BCUT2D eigenvalue weighted by Crippen LogP contribution is -2.70. The highest BCUT2D eigenvalue weighted by Gasteiger charge is 2.59. The Morgan fingerprint density at radius 1 is 1.19 bits per heavy atom. The van der Waals surface area contributed by atoms with Crippen molar-refractivity contribution in [1.29, 1.82) is 0 Å². The van der Waals surface area contributed by atoms with Crippen LogP contribution in [0.3, 0.4) is 0 Å². The summed E-state index contributed by atoms with van der Waals surface area (Å²) in [6.07, 6.45) is 1.24. The molecule has 2 aliphatic rings. The Bertz CT molecular complexity index is 398. The first-order valence-corrected chi connectivity index (χ1v) is 10.7. The molecule has 1 heterocycles. The third kappa shape index (κ3) is 3.01. The minimum Gasteiger partial charge on any atom is -0.449 e. The lowest BCUT2D eigenvalue weighted by Gasteiger charge is -2.48. The predicted octanol–water partition coefficient (Wildman–Crippen LogP) is 3.15. The van der Waals surface area contributed by atoms with Crippen molar-refractivity contribution in [2.75, 3.05) is 6.61 Å². The second-order valence-electron chi connectivity index (χ2n) is 6.02. The van der Waals surface area contributed by atoms with Gasteiger partial charge in [-0.25, -0.2) is 9.69 Å². The van der Waals surface area contributed by atoms with Crippen LogP contribution in [-0.2, 0) is 14.0 Å². The number of imide groups is 1. The highest BCUT2D eigenvalue weighted by atomic mass is 28.4. The van der Waals surface area contributed by atoms with Gasteiger partial charge in [0, 0.05) is 0 Å². The van der Waals surface area contributed by atoms with Crippen molar-refractivity contribution in [2.24, 2.45) is 5.92 Å². The number of ether oxygens (including phenoxy) is 1. The molecule has 0 bridgehead atoms. The molecular weight excluding hydrogens is 286 g/mol. The summed E-state index contributed by atoms with van der Waals surface area (Å²) in [6, 6.07) is 2.95. The van der Waals surface area contributed by atoms with E-state index in [1.165, 1.54) is 4.90 Å². The molecule has 2 amide bonds. The second kappa shape index (κ2) is 6.48. The number of carbonyl (C=O) groups excluding carboxylic acids is 2. The maximum atomic E-state index is 12.4. The summed E-state index contributed by atoms with van der Waals surface area (Å²) in [5.41, 5.74) is 0. The Morgan fingerprint density at radius 3 is 2.19 bits per heavy atom. The highest BCUT2D eigenvalue weighted by molar-refractivity contribution is 6.73. The van der Waals surface area contributed by atoms with Gasteiger partial charge >= 0.3 is 6.09 Å². The van der Waals surface area contributed by atoms with Crippen LogP contribution in [0.2, 0.25) is 18.1 Å². The van der Waals surface area contributed by atoms with Crippen molar-refractivity contribution >= 4 is 20.3 Å². The lowest BCUT2D eigenvalue weighted by atomic mass is 9.94. The Labute approximate surface area is 128 Å². The largest absolute Gasteiger partial charge is 0.449 e. The molecule has 0 aromatic heterocycles. The van der Waals surface area contributed by atoms with E-state index in [1.54, 1.807) is 6.92 Å². The fraction of sp³-hybridized carbons (Fsp3) is 0.867. The molecule has 1 saturated carbocycles. The summed E-state index contributed by atoms with van der Waals surface area (Å²) in [7, 11) is -1.83. The van der Waals surface area contributed by atoms with Crippen LogP contribution in [0.15, 0.2) is 0 Å². The fourth-order valence-electron chi connectivity index (χ4n) is 3.17. The van der Waals surface area contributed by atoms with Gasteiger partial charge in [0.05, 0.1) is 12.6 Å². The summed E-state index contributed by atoms with van der Waals surface area (Å²) in [4.78, 5) is 25.6. The number of hydrogen-bond donors (Lipinski definition) is 0. The van der Waals surface area contributed by atoms with Crippen molar-refractivity contribution in [3.63, 3.8) is 0 Å². The van der Waals surface area contributed by atoms with Crippen molar-refractivity contribution in [3.8, 4) is 0 Å². The van der Waals surface area contributed by atoms with E-state index < -0.39 is 20.5 Å². The van der Waals surface area contributed by atoms with Crippen LogP contribution in [0.1, 0.15) is 40.5 Å². The Hall–Kier alpha value is -0.883. The number of rotatable bonds is 7. The third-order valence-electron chi connectivity index (χ3n) is 4.97. The van der Waals surface area contributed by atoms with Gasteiger partial charge in [-0.05, 0) is 43.8 Å². The maximum absolute atomic E-state index is 12.4. The number of likely N-dealkylation sites (tertiary alicyclic amines) is 1. The molecule has 1 saturated heterocycles. The molecule has 0 radical (unpaired) electrons.